The van der Waals surface area contributed by atoms with E-state index in [-0.39, 0.29) is 0 Å². The number of rotatable bonds is 5. The van der Waals surface area contributed by atoms with Crippen LogP contribution in [-0.2, 0) is 9.59 Å². The second-order valence-electron chi connectivity index (χ2n) is 4.52. The van der Waals surface area contributed by atoms with Gasteiger partial charge in [0.1, 0.15) is 0 Å². The summed E-state index contributed by atoms with van der Waals surface area (Å²) in [6.07, 6.45) is 5.00. The molecule has 0 aliphatic heterocycles. The van der Waals surface area contributed by atoms with Crippen LogP contribution in [0.4, 0.5) is 0 Å². The summed E-state index contributed by atoms with van der Waals surface area (Å²) in [4.78, 5) is 21.5. The lowest BCUT2D eigenvalue weighted by molar-refractivity contribution is -0.132. The highest BCUT2D eigenvalue weighted by Gasteiger charge is 2.07. The normalized spacial score (nSPS) is 11.1. The number of carboxylic acid groups (broad SMARTS) is 2. The molecule has 0 bridgehead atoms. The lowest BCUT2D eigenvalue weighted by Crippen LogP contribution is -1.92. The number of carbonyl (C=O) groups is 2. The summed E-state index contributed by atoms with van der Waals surface area (Å²) < 4.78 is 0. The van der Waals surface area contributed by atoms with Gasteiger partial charge >= 0.3 is 11.9 Å². The van der Waals surface area contributed by atoms with Gasteiger partial charge in [0.25, 0.3) is 0 Å². The highest BCUT2D eigenvalue weighted by Crippen LogP contribution is 2.28. The first-order valence-corrected chi connectivity index (χ1v) is 6.58. The van der Waals surface area contributed by atoms with E-state index in [0.717, 1.165) is 23.3 Å². The lowest BCUT2D eigenvalue weighted by Gasteiger charge is -2.09. The van der Waals surface area contributed by atoms with Crippen molar-refractivity contribution in [3.63, 3.8) is 0 Å². The summed E-state index contributed by atoms with van der Waals surface area (Å²) in [6, 6.07) is 14.9. The van der Waals surface area contributed by atoms with E-state index >= 15 is 0 Å². The Bertz CT molecular complexity index is 743. The Morgan fingerprint density at radius 1 is 0.773 bits per heavy atom. The Hall–Kier alpha value is -3.14. The van der Waals surface area contributed by atoms with Crippen LogP contribution < -0.4 is 0 Å². The molecule has 22 heavy (non-hydrogen) atoms. The van der Waals surface area contributed by atoms with E-state index < -0.39 is 11.9 Å². The van der Waals surface area contributed by atoms with Crippen molar-refractivity contribution in [2.75, 3.05) is 0 Å². The maximum Gasteiger partial charge on any atom is 0.328 e. The molecule has 0 aromatic heterocycles. The molecule has 0 heterocycles. The lowest BCUT2D eigenvalue weighted by atomic mass is 9.94. The second-order valence-corrected chi connectivity index (χ2v) is 4.52. The minimum Gasteiger partial charge on any atom is -0.478 e. The Morgan fingerprint density at radius 2 is 1.41 bits per heavy atom. The fourth-order valence-corrected chi connectivity index (χ4v) is 2.10. The molecule has 0 unspecified atom stereocenters. The Balaban J connectivity index is 2.60. The van der Waals surface area contributed by atoms with Crippen molar-refractivity contribution in [2.45, 2.75) is 0 Å². The predicted molar refractivity (Wildman–Crippen MR) is 85.2 cm³/mol. The van der Waals surface area contributed by atoms with Crippen LogP contribution in [0.2, 0.25) is 0 Å². The number of benzene rings is 2. The van der Waals surface area contributed by atoms with Gasteiger partial charge < -0.3 is 10.2 Å². The molecule has 4 heteroatoms. The zero-order chi connectivity index (χ0) is 15.9. The zero-order valence-electron chi connectivity index (χ0n) is 11.6. The van der Waals surface area contributed by atoms with Crippen molar-refractivity contribution in [1.82, 2.24) is 0 Å². The van der Waals surface area contributed by atoms with E-state index in [9.17, 15) is 9.59 Å². The first-order valence-electron chi connectivity index (χ1n) is 6.58. The average Bonchev–Trinajstić information content (AvgIpc) is 2.51. The Labute approximate surface area is 127 Å². The average molecular weight is 294 g/mol. The van der Waals surface area contributed by atoms with Gasteiger partial charge in [-0.05, 0) is 34.4 Å². The summed E-state index contributed by atoms with van der Waals surface area (Å²) in [7, 11) is 0. The number of carboxylic acids is 2. The zero-order valence-corrected chi connectivity index (χ0v) is 11.6. The Kier molecular flexibility index (Phi) is 4.88. The van der Waals surface area contributed by atoms with Gasteiger partial charge in [-0.15, -0.1) is 0 Å². The number of aliphatic carboxylic acids is 2. The van der Waals surface area contributed by atoms with Crippen molar-refractivity contribution in [1.29, 1.82) is 0 Å². The van der Waals surface area contributed by atoms with Crippen LogP contribution in [0.15, 0.2) is 60.7 Å². The minimum atomic E-state index is -1.06. The predicted octanol–water partition coefficient (Wildman–Crippen LogP) is 3.55. The second kappa shape index (κ2) is 7.04. The van der Waals surface area contributed by atoms with Gasteiger partial charge in [-0.3, -0.25) is 0 Å². The summed E-state index contributed by atoms with van der Waals surface area (Å²) in [5.41, 5.74) is 3.07. The molecule has 110 valence electrons. The molecule has 2 aromatic rings. The maximum atomic E-state index is 10.8. The molecule has 2 aromatic carbocycles. The minimum absolute atomic E-state index is 0.640. The van der Waals surface area contributed by atoms with Crippen LogP contribution in [-0.4, -0.2) is 22.2 Å². The highest BCUT2D eigenvalue weighted by atomic mass is 16.4. The summed E-state index contributed by atoms with van der Waals surface area (Å²) in [5.74, 6) is -2.12. The van der Waals surface area contributed by atoms with E-state index in [4.69, 9.17) is 10.2 Å². The standard InChI is InChI=1S/C18H14O4/c19-17(20)11-9-14-7-4-8-15(13-5-2-1-3-6-13)16(14)10-12-18(21)22/h1-12H,(H,19,20)(H,21,22). The fourth-order valence-electron chi connectivity index (χ4n) is 2.10. The van der Waals surface area contributed by atoms with Gasteiger partial charge in [0, 0.05) is 12.2 Å². The van der Waals surface area contributed by atoms with Crippen LogP contribution >= 0.6 is 0 Å². The van der Waals surface area contributed by atoms with Crippen LogP contribution in [0.5, 0.6) is 0 Å². The highest BCUT2D eigenvalue weighted by molar-refractivity contribution is 5.92. The van der Waals surface area contributed by atoms with Crippen molar-refractivity contribution in [2.24, 2.45) is 0 Å². The van der Waals surface area contributed by atoms with Gasteiger partial charge in [0.2, 0.25) is 0 Å². The van der Waals surface area contributed by atoms with Gasteiger partial charge in [0.05, 0.1) is 0 Å². The molecule has 0 spiro atoms. The third-order valence-electron chi connectivity index (χ3n) is 3.02. The first kappa shape index (κ1) is 15.3. The SMILES string of the molecule is O=C(O)C=Cc1cccc(-c2ccccc2)c1C=CC(=O)O. The van der Waals surface area contributed by atoms with Crippen molar-refractivity contribution < 1.29 is 19.8 Å². The maximum absolute atomic E-state index is 10.8. The molecule has 0 radical (unpaired) electrons. The van der Waals surface area contributed by atoms with E-state index in [1.54, 1.807) is 6.07 Å². The smallest absolute Gasteiger partial charge is 0.328 e. The largest absolute Gasteiger partial charge is 0.478 e. The van der Waals surface area contributed by atoms with Gasteiger partial charge in [-0.2, -0.15) is 0 Å². The van der Waals surface area contributed by atoms with E-state index in [1.807, 2.05) is 42.5 Å². The summed E-state index contributed by atoms with van der Waals surface area (Å²) in [5, 5.41) is 17.6. The molecule has 0 saturated heterocycles. The molecule has 4 nitrogen and oxygen atoms in total. The third kappa shape index (κ3) is 3.93. The first-order chi connectivity index (χ1) is 10.6. The molecule has 0 fully saturated rings. The van der Waals surface area contributed by atoms with Crippen molar-refractivity contribution in [3.8, 4) is 11.1 Å². The monoisotopic (exact) mass is 294 g/mol. The van der Waals surface area contributed by atoms with Crippen LogP contribution in [0.25, 0.3) is 23.3 Å². The van der Waals surface area contributed by atoms with Crippen molar-refractivity contribution in [3.05, 3.63) is 71.8 Å². The third-order valence-corrected chi connectivity index (χ3v) is 3.02. The number of hydrogen-bond donors (Lipinski definition) is 2. The van der Waals surface area contributed by atoms with Crippen LogP contribution in [0, 0.1) is 0 Å². The molecule has 0 aliphatic rings. The topological polar surface area (TPSA) is 74.6 Å². The molecular formula is C18H14O4. The molecule has 2 rings (SSSR count). The van der Waals surface area contributed by atoms with Gasteiger partial charge in [0.15, 0.2) is 0 Å². The van der Waals surface area contributed by atoms with E-state index in [2.05, 4.69) is 0 Å². The van der Waals surface area contributed by atoms with E-state index in [1.165, 1.54) is 12.2 Å². The summed E-state index contributed by atoms with van der Waals surface area (Å²) >= 11 is 0. The molecule has 0 atom stereocenters. The fraction of sp³-hybridized carbons (Fsp3) is 0. The van der Waals surface area contributed by atoms with Crippen molar-refractivity contribution >= 4 is 24.1 Å². The Morgan fingerprint density at radius 3 is 2.05 bits per heavy atom. The molecular weight excluding hydrogens is 280 g/mol. The quantitative estimate of drug-likeness (QED) is 0.827. The molecule has 0 amide bonds. The van der Waals surface area contributed by atoms with E-state index in [0.29, 0.717) is 11.1 Å². The molecule has 2 N–H and O–H groups in total. The number of hydrogen-bond acceptors (Lipinski definition) is 2. The summed E-state index contributed by atoms with van der Waals surface area (Å²) in [6.45, 7) is 0. The molecule has 0 aliphatic carbocycles. The van der Waals surface area contributed by atoms with Crippen LogP contribution in [0.3, 0.4) is 0 Å². The van der Waals surface area contributed by atoms with Gasteiger partial charge in [-0.25, -0.2) is 9.59 Å². The van der Waals surface area contributed by atoms with Gasteiger partial charge in [-0.1, -0.05) is 48.5 Å². The van der Waals surface area contributed by atoms with Crippen LogP contribution in [0.1, 0.15) is 11.1 Å². The molecule has 0 saturated carbocycles.